The lowest BCUT2D eigenvalue weighted by Crippen LogP contribution is -2.00. The normalized spacial score (nSPS) is 11.0. The molecule has 0 aliphatic heterocycles. The van der Waals surface area contributed by atoms with E-state index in [9.17, 15) is 4.79 Å². The van der Waals surface area contributed by atoms with Crippen LogP contribution in [0.5, 0.6) is 17.2 Å². The summed E-state index contributed by atoms with van der Waals surface area (Å²) < 4.78 is 18.2. The predicted molar refractivity (Wildman–Crippen MR) is 125 cm³/mol. The molecule has 33 heavy (non-hydrogen) atoms. The van der Waals surface area contributed by atoms with Gasteiger partial charge in [0.2, 0.25) is 0 Å². The van der Waals surface area contributed by atoms with E-state index in [1.807, 2.05) is 60.8 Å². The molecule has 0 aliphatic rings. The van der Waals surface area contributed by atoms with E-state index in [0.29, 0.717) is 19.6 Å². The molecule has 0 amide bonds. The molecule has 0 bridgehead atoms. The third-order valence-corrected chi connectivity index (χ3v) is 4.97. The van der Waals surface area contributed by atoms with Crippen molar-refractivity contribution in [2.75, 3.05) is 14.2 Å². The van der Waals surface area contributed by atoms with Crippen LogP contribution < -0.4 is 14.2 Å². The Labute approximate surface area is 193 Å². The number of rotatable bonds is 13. The molecule has 0 radical (unpaired) electrons. The lowest BCUT2D eigenvalue weighted by Gasteiger charge is -2.06. The summed E-state index contributed by atoms with van der Waals surface area (Å²) in [6, 6.07) is 13.5. The lowest BCUT2D eigenvalue weighted by atomic mass is 10.1. The molecule has 0 saturated heterocycles. The zero-order valence-electron chi connectivity index (χ0n) is 18.9. The fourth-order valence-electron chi connectivity index (χ4n) is 3.19. The lowest BCUT2D eigenvalue weighted by molar-refractivity contribution is -0.137. The van der Waals surface area contributed by atoms with Crippen molar-refractivity contribution in [1.82, 2.24) is 15.0 Å². The zero-order chi connectivity index (χ0) is 23.5. The molecule has 1 N–H and O–H groups in total. The first kappa shape index (κ1) is 23.8. The molecular formula is C25H29N3O5. The Bertz CT molecular complexity index is 1040. The van der Waals surface area contributed by atoms with Crippen molar-refractivity contribution >= 4 is 18.1 Å². The number of carboxylic acid groups (broad SMARTS) is 1. The molecule has 0 atom stereocenters. The molecule has 3 rings (SSSR count). The second-order valence-electron chi connectivity index (χ2n) is 7.51. The molecule has 174 valence electrons. The molecule has 0 saturated carbocycles. The van der Waals surface area contributed by atoms with Crippen LogP contribution in [0.3, 0.4) is 0 Å². The number of hydrogen-bond donors (Lipinski definition) is 1. The molecule has 1 aromatic heterocycles. The van der Waals surface area contributed by atoms with E-state index in [0.717, 1.165) is 46.9 Å². The van der Waals surface area contributed by atoms with Gasteiger partial charge >= 0.3 is 5.97 Å². The first-order valence-corrected chi connectivity index (χ1v) is 10.8. The van der Waals surface area contributed by atoms with E-state index in [-0.39, 0.29) is 6.42 Å². The van der Waals surface area contributed by atoms with Crippen LogP contribution in [0.1, 0.15) is 42.5 Å². The number of carboxylic acids is 1. The van der Waals surface area contributed by atoms with Crippen LogP contribution in [0.2, 0.25) is 0 Å². The summed E-state index contributed by atoms with van der Waals surface area (Å²) in [5, 5.41) is 16.9. The van der Waals surface area contributed by atoms with Gasteiger partial charge in [0, 0.05) is 19.0 Å². The van der Waals surface area contributed by atoms with Gasteiger partial charge in [-0.3, -0.25) is 9.48 Å². The standard InChI is InChI=1S/C25H29N3O5/c1-31-23-14-20(15-24(16-23)32-2)8-7-19-9-11-22(12-10-19)33-18-21-17-28(27-26-21)13-5-3-4-6-25(29)30/h7-12,14-17H,3-6,13,18H2,1-2H3,(H,29,30)/b8-7+. The largest absolute Gasteiger partial charge is 0.497 e. The number of benzene rings is 2. The highest BCUT2D eigenvalue weighted by Crippen LogP contribution is 2.24. The highest BCUT2D eigenvalue weighted by Gasteiger charge is 2.04. The fraction of sp³-hybridized carbons (Fsp3) is 0.320. The van der Waals surface area contributed by atoms with Crippen LogP contribution in [0.25, 0.3) is 12.2 Å². The summed E-state index contributed by atoms with van der Waals surface area (Å²) in [7, 11) is 3.26. The maximum Gasteiger partial charge on any atom is 0.303 e. The summed E-state index contributed by atoms with van der Waals surface area (Å²) in [6.07, 6.45) is 8.48. The first-order valence-electron chi connectivity index (χ1n) is 10.8. The van der Waals surface area contributed by atoms with Gasteiger partial charge in [0.1, 0.15) is 29.5 Å². The Morgan fingerprint density at radius 2 is 1.64 bits per heavy atom. The van der Waals surface area contributed by atoms with Gasteiger partial charge in [-0.1, -0.05) is 35.9 Å². The second kappa shape index (κ2) is 12.3. The highest BCUT2D eigenvalue weighted by molar-refractivity contribution is 5.71. The zero-order valence-corrected chi connectivity index (χ0v) is 18.9. The molecule has 3 aromatic rings. The van der Waals surface area contributed by atoms with Crippen molar-refractivity contribution in [2.45, 2.75) is 38.8 Å². The smallest absolute Gasteiger partial charge is 0.303 e. The number of hydrogen-bond acceptors (Lipinski definition) is 6. The van der Waals surface area contributed by atoms with Crippen LogP contribution in [0.15, 0.2) is 48.7 Å². The van der Waals surface area contributed by atoms with Gasteiger partial charge in [-0.25, -0.2) is 0 Å². The molecule has 0 aliphatic carbocycles. The Balaban J connectivity index is 1.47. The average Bonchev–Trinajstić information content (AvgIpc) is 3.29. The third-order valence-electron chi connectivity index (χ3n) is 4.97. The number of aryl methyl sites for hydroxylation is 1. The Morgan fingerprint density at radius 1 is 0.939 bits per heavy atom. The van der Waals surface area contributed by atoms with E-state index in [1.165, 1.54) is 0 Å². The molecule has 0 fully saturated rings. The Hall–Kier alpha value is -3.81. The number of nitrogens with zero attached hydrogens (tertiary/aromatic N) is 3. The number of methoxy groups -OCH3 is 2. The second-order valence-corrected chi connectivity index (χ2v) is 7.51. The molecule has 8 nitrogen and oxygen atoms in total. The van der Waals surface area contributed by atoms with E-state index in [2.05, 4.69) is 10.3 Å². The minimum atomic E-state index is -0.753. The number of ether oxygens (including phenoxy) is 3. The topological polar surface area (TPSA) is 95.7 Å². The van der Waals surface area contributed by atoms with E-state index in [4.69, 9.17) is 19.3 Å². The Kier molecular flexibility index (Phi) is 8.88. The molecule has 0 unspecified atom stereocenters. The average molecular weight is 452 g/mol. The van der Waals surface area contributed by atoms with Crippen molar-refractivity contribution in [3.8, 4) is 17.2 Å². The summed E-state index contributed by atoms with van der Waals surface area (Å²) in [4.78, 5) is 10.5. The van der Waals surface area contributed by atoms with Gasteiger partial charge in [0.05, 0.1) is 20.4 Å². The number of unbranched alkanes of at least 4 members (excludes halogenated alkanes) is 2. The quantitative estimate of drug-likeness (QED) is 0.297. The van der Waals surface area contributed by atoms with Gasteiger partial charge in [-0.05, 0) is 48.2 Å². The summed E-state index contributed by atoms with van der Waals surface area (Å²) >= 11 is 0. The number of aromatic nitrogens is 3. The van der Waals surface area contributed by atoms with Gasteiger partial charge in [-0.2, -0.15) is 0 Å². The molecule has 0 spiro atoms. The van der Waals surface area contributed by atoms with Crippen molar-refractivity contribution < 1.29 is 24.1 Å². The number of aliphatic carboxylic acids is 1. The third kappa shape index (κ3) is 7.99. The summed E-state index contributed by atoms with van der Waals surface area (Å²) in [6.45, 7) is 1.05. The van der Waals surface area contributed by atoms with Gasteiger partial charge in [0.15, 0.2) is 0 Å². The molecule has 8 heteroatoms. The summed E-state index contributed by atoms with van der Waals surface area (Å²) in [5.74, 6) is 1.48. The minimum Gasteiger partial charge on any atom is -0.497 e. The van der Waals surface area contributed by atoms with Crippen LogP contribution >= 0.6 is 0 Å². The van der Waals surface area contributed by atoms with Crippen molar-refractivity contribution in [3.05, 3.63) is 65.5 Å². The maximum absolute atomic E-state index is 10.5. The monoisotopic (exact) mass is 451 g/mol. The van der Waals surface area contributed by atoms with Gasteiger partial charge in [0.25, 0.3) is 0 Å². The van der Waals surface area contributed by atoms with Crippen LogP contribution in [-0.2, 0) is 17.9 Å². The van der Waals surface area contributed by atoms with Gasteiger partial charge < -0.3 is 19.3 Å². The molecular weight excluding hydrogens is 422 g/mol. The van der Waals surface area contributed by atoms with Crippen molar-refractivity contribution in [1.29, 1.82) is 0 Å². The van der Waals surface area contributed by atoms with E-state index < -0.39 is 5.97 Å². The van der Waals surface area contributed by atoms with Crippen molar-refractivity contribution in [3.63, 3.8) is 0 Å². The molecule has 2 aromatic carbocycles. The van der Waals surface area contributed by atoms with Crippen LogP contribution in [0, 0.1) is 0 Å². The van der Waals surface area contributed by atoms with E-state index in [1.54, 1.807) is 18.9 Å². The Morgan fingerprint density at radius 3 is 2.30 bits per heavy atom. The molecule has 1 heterocycles. The minimum absolute atomic E-state index is 0.209. The van der Waals surface area contributed by atoms with Crippen LogP contribution in [0.4, 0.5) is 0 Å². The first-order chi connectivity index (χ1) is 16.1. The fourth-order valence-corrected chi connectivity index (χ4v) is 3.19. The van der Waals surface area contributed by atoms with Crippen LogP contribution in [-0.4, -0.2) is 40.3 Å². The maximum atomic E-state index is 10.5. The number of carbonyl (C=O) groups is 1. The SMILES string of the molecule is COc1cc(/C=C/c2ccc(OCc3cn(CCCCCC(=O)O)nn3)cc2)cc(OC)c1. The predicted octanol–water partition coefficient (Wildman–Crippen LogP) is 4.69. The van der Waals surface area contributed by atoms with Gasteiger partial charge in [-0.15, -0.1) is 5.10 Å². The highest BCUT2D eigenvalue weighted by atomic mass is 16.5. The van der Waals surface area contributed by atoms with Crippen molar-refractivity contribution in [2.24, 2.45) is 0 Å². The summed E-state index contributed by atoms with van der Waals surface area (Å²) in [5.41, 5.74) is 2.77. The van der Waals surface area contributed by atoms with E-state index >= 15 is 0 Å².